The lowest BCUT2D eigenvalue weighted by atomic mass is 9.92. The first-order valence-corrected chi connectivity index (χ1v) is 7.98. The molecule has 1 aliphatic rings. The van der Waals surface area contributed by atoms with Gasteiger partial charge < -0.3 is 9.64 Å². The largest absolute Gasteiger partial charge is 0.452 e. The SMILES string of the molecule is Cc1c(C(=O)OCC(=O)N2C[C@@H](C)C[C@H](C)C2)cccc1[N+](=O)[O-]. The maximum atomic E-state index is 12.2. The van der Waals surface area contributed by atoms with E-state index in [2.05, 4.69) is 13.8 Å². The fourth-order valence-corrected chi connectivity index (χ4v) is 3.21. The van der Waals surface area contributed by atoms with Gasteiger partial charge in [0.05, 0.1) is 10.5 Å². The monoisotopic (exact) mass is 334 g/mol. The minimum Gasteiger partial charge on any atom is -0.452 e. The molecule has 0 aliphatic carbocycles. The van der Waals surface area contributed by atoms with Crippen LogP contribution in [0, 0.1) is 28.9 Å². The van der Waals surface area contributed by atoms with Gasteiger partial charge in [0, 0.05) is 24.7 Å². The van der Waals surface area contributed by atoms with Crippen molar-refractivity contribution in [3.05, 3.63) is 39.4 Å². The molecule has 1 aliphatic heterocycles. The lowest BCUT2D eigenvalue weighted by molar-refractivity contribution is -0.385. The van der Waals surface area contributed by atoms with E-state index >= 15 is 0 Å². The standard InChI is InChI=1S/C17H22N2O5/c1-11-7-12(2)9-18(8-11)16(20)10-24-17(21)14-5-4-6-15(13(14)3)19(22)23/h4-6,11-12H,7-10H2,1-3H3/t11-,12-/m0/s1. The summed E-state index contributed by atoms with van der Waals surface area (Å²) in [5.74, 6) is -0.104. The quantitative estimate of drug-likeness (QED) is 0.479. The van der Waals surface area contributed by atoms with Gasteiger partial charge in [-0.3, -0.25) is 14.9 Å². The third-order valence-electron chi connectivity index (χ3n) is 4.27. The normalized spacial score (nSPS) is 20.5. The molecule has 24 heavy (non-hydrogen) atoms. The lowest BCUT2D eigenvalue weighted by Gasteiger charge is -2.34. The first kappa shape index (κ1) is 17.9. The summed E-state index contributed by atoms with van der Waals surface area (Å²) >= 11 is 0. The van der Waals surface area contributed by atoms with Gasteiger partial charge >= 0.3 is 5.97 Å². The number of nitrogens with zero attached hydrogens (tertiary/aromatic N) is 2. The molecule has 0 unspecified atom stereocenters. The van der Waals surface area contributed by atoms with E-state index in [4.69, 9.17) is 4.74 Å². The topological polar surface area (TPSA) is 89.8 Å². The second-order valence-corrected chi connectivity index (χ2v) is 6.53. The molecule has 7 heteroatoms. The van der Waals surface area contributed by atoms with Crippen molar-refractivity contribution in [3.8, 4) is 0 Å². The van der Waals surface area contributed by atoms with Crippen molar-refractivity contribution >= 4 is 17.6 Å². The predicted molar refractivity (Wildman–Crippen MR) is 87.6 cm³/mol. The Morgan fingerprint density at radius 2 is 1.92 bits per heavy atom. The molecule has 2 rings (SSSR count). The highest BCUT2D eigenvalue weighted by Crippen LogP contribution is 2.23. The average molecular weight is 334 g/mol. The van der Waals surface area contributed by atoms with E-state index in [0.29, 0.717) is 24.9 Å². The van der Waals surface area contributed by atoms with Crippen molar-refractivity contribution in [2.75, 3.05) is 19.7 Å². The Kier molecular flexibility index (Phi) is 5.54. The number of carbonyl (C=O) groups is 2. The number of nitro benzene ring substituents is 1. The van der Waals surface area contributed by atoms with Gasteiger partial charge in [0.15, 0.2) is 6.61 Å². The van der Waals surface area contributed by atoms with Crippen molar-refractivity contribution in [2.45, 2.75) is 27.2 Å². The third-order valence-corrected chi connectivity index (χ3v) is 4.27. The van der Waals surface area contributed by atoms with E-state index in [9.17, 15) is 19.7 Å². The number of esters is 1. The highest BCUT2D eigenvalue weighted by atomic mass is 16.6. The van der Waals surface area contributed by atoms with Gasteiger partial charge in [0.25, 0.3) is 11.6 Å². The molecular formula is C17H22N2O5. The van der Waals surface area contributed by atoms with E-state index < -0.39 is 10.9 Å². The summed E-state index contributed by atoms with van der Waals surface area (Å²) in [6.07, 6.45) is 1.08. The van der Waals surface area contributed by atoms with Crippen molar-refractivity contribution < 1.29 is 19.2 Å². The number of hydrogen-bond acceptors (Lipinski definition) is 5. The van der Waals surface area contributed by atoms with E-state index in [1.807, 2.05) is 0 Å². The Balaban J connectivity index is 1.99. The molecule has 1 amide bonds. The molecule has 130 valence electrons. The molecule has 1 fully saturated rings. The molecule has 0 radical (unpaired) electrons. The zero-order valence-corrected chi connectivity index (χ0v) is 14.2. The summed E-state index contributed by atoms with van der Waals surface area (Å²) in [6.45, 7) is 6.65. The molecule has 0 N–H and O–H groups in total. The number of ether oxygens (including phenoxy) is 1. The van der Waals surface area contributed by atoms with Gasteiger partial charge in [-0.05, 0) is 31.2 Å². The van der Waals surface area contributed by atoms with Gasteiger partial charge in [-0.1, -0.05) is 19.9 Å². The average Bonchev–Trinajstić information content (AvgIpc) is 2.51. The van der Waals surface area contributed by atoms with Crippen molar-refractivity contribution in [1.82, 2.24) is 4.90 Å². The Bertz CT molecular complexity index is 648. The molecule has 1 saturated heterocycles. The molecule has 0 aromatic heterocycles. The first-order valence-electron chi connectivity index (χ1n) is 7.98. The van der Waals surface area contributed by atoms with Crippen LogP contribution in [0.5, 0.6) is 0 Å². The minimum atomic E-state index is -0.720. The van der Waals surface area contributed by atoms with Crippen LogP contribution >= 0.6 is 0 Å². The highest BCUT2D eigenvalue weighted by molar-refractivity contribution is 5.93. The van der Waals surface area contributed by atoms with E-state index in [1.54, 1.807) is 4.90 Å². The molecule has 1 aromatic carbocycles. The van der Waals surface area contributed by atoms with Crippen molar-refractivity contribution in [1.29, 1.82) is 0 Å². The van der Waals surface area contributed by atoms with Gasteiger partial charge in [-0.15, -0.1) is 0 Å². The molecule has 0 saturated carbocycles. The van der Waals surface area contributed by atoms with Crippen LogP contribution in [0.25, 0.3) is 0 Å². The van der Waals surface area contributed by atoms with Crippen molar-refractivity contribution in [2.24, 2.45) is 11.8 Å². The number of amides is 1. The summed E-state index contributed by atoms with van der Waals surface area (Å²) < 4.78 is 5.08. The number of carbonyl (C=O) groups excluding carboxylic acids is 2. The minimum absolute atomic E-state index is 0.109. The van der Waals surface area contributed by atoms with Crippen LogP contribution in [0.2, 0.25) is 0 Å². The fourth-order valence-electron chi connectivity index (χ4n) is 3.21. The highest BCUT2D eigenvalue weighted by Gasteiger charge is 2.26. The summed E-state index contributed by atoms with van der Waals surface area (Å²) in [6, 6.07) is 4.21. The summed E-state index contributed by atoms with van der Waals surface area (Å²) in [4.78, 5) is 36.5. The van der Waals surface area contributed by atoms with E-state index in [1.165, 1.54) is 25.1 Å². The zero-order chi connectivity index (χ0) is 17.9. The molecule has 0 bridgehead atoms. The van der Waals surface area contributed by atoms with Gasteiger partial charge in [-0.2, -0.15) is 0 Å². The van der Waals surface area contributed by atoms with E-state index in [0.717, 1.165) is 6.42 Å². The van der Waals surface area contributed by atoms with Crippen LogP contribution in [-0.2, 0) is 9.53 Å². The van der Waals surface area contributed by atoms with Crippen LogP contribution in [0.3, 0.4) is 0 Å². The smallest absolute Gasteiger partial charge is 0.339 e. The van der Waals surface area contributed by atoms with Gasteiger partial charge in [0.2, 0.25) is 0 Å². The summed E-state index contributed by atoms with van der Waals surface area (Å²) in [5, 5.41) is 10.9. The molecule has 0 spiro atoms. The maximum Gasteiger partial charge on any atom is 0.339 e. The third kappa shape index (κ3) is 4.10. The Hall–Kier alpha value is -2.44. The second kappa shape index (κ2) is 7.42. The van der Waals surface area contributed by atoms with E-state index in [-0.39, 0.29) is 29.3 Å². The Morgan fingerprint density at radius 1 is 1.29 bits per heavy atom. The molecular weight excluding hydrogens is 312 g/mol. The molecule has 1 heterocycles. The van der Waals surface area contributed by atoms with Crippen LogP contribution in [0.15, 0.2) is 18.2 Å². The maximum absolute atomic E-state index is 12.2. The Labute approximate surface area is 140 Å². The van der Waals surface area contributed by atoms with Gasteiger partial charge in [-0.25, -0.2) is 4.79 Å². The first-order chi connectivity index (χ1) is 11.3. The van der Waals surface area contributed by atoms with Crippen LogP contribution in [0.4, 0.5) is 5.69 Å². The van der Waals surface area contributed by atoms with Crippen LogP contribution < -0.4 is 0 Å². The lowest BCUT2D eigenvalue weighted by Crippen LogP contribution is -2.44. The predicted octanol–water partition coefficient (Wildman–Crippen LogP) is 2.56. The zero-order valence-electron chi connectivity index (χ0n) is 14.2. The van der Waals surface area contributed by atoms with Gasteiger partial charge in [0.1, 0.15) is 0 Å². The number of nitro groups is 1. The summed E-state index contributed by atoms with van der Waals surface area (Å²) in [7, 11) is 0. The molecule has 7 nitrogen and oxygen atoms in total. The molecule has 2 atom stereocenters. The van der Waals surface area contributed by atoms with Crippen LogP contribution in [-0.4, -0.2) is 41.4 Å². The number of piperidine rings is 1. The second-order valence-electron chi connectivity index (χ2n) is 6.53. The number of benzene rings is 1. The fraction of sp³-hybridized carbons (Fsp3) is 0.529. The van der Waals surface area contributed by atoms with Crippen molar-refractivity contribution in [3.63, 3.8) is 0 Å². The van der Waals surface area contributed by atoms with Crippen LogP contribution in [0.1, 0.15) is 36.2 Å². The molecule has 1 aromatic rings. The summed E-state index contributed by atoms with van der Waals surface area (Å²) in [5.41, 5.74) is 0.201. The number of rotatable bonds is 4. The number of likely N-dealkylation sites (tertiary alicyclic amines) is 1. The number of hydrogen-bond donors (Lipinski definition) is 0. The Morgan fingerprint density at radius 3 is 2.50 bits per heavy atom.